The molecule has 142 valence electrons. The summed E-state index contributed by atoms with van der Waals surface area (Å²) in [7, 11) is 3.98. The van der Waals surface area contributed by atoms with Crippen LogP contribution in [0.2, 0.25) is 0 Å². The van der Waals surface area contributed by atoms with Crippen molar-refractivity contribution in [2.24, 2.45) is 0 Å². The van der Waals surface area contributed by atoms with Gasteiger partial charge in [0.15, 0.2) is 0 Å². The molecule has 0 bridgehead atoms. The molecule has 2 aromatic rings. The molecule has 0 N–H and O–H groups in total. The number of likely N-dealkylation sites (N-methyl/N-ethyl adjacent to an activating group) is 1. The van der Waals surface area contributed by atoms with E-state index in [2.05, 4.69) is 4.90 Å². The zero-order valence-corrected chi connectivity index (χ0v) is 16.5. The van der Waals surface area contributed by atoms with Gasteiger partial charge in [0, 0.05) is 26.1 Å². The molecule has 0 aliphatic heterocycles. The number of aromatic nitrogens is 2. The number of para-hydroxylation sites is 1. The van der Waals surface area contributed by atoms with Gasteiger partial charge in [0.25, 0.3) is 5.56 Å². The predicted octanol–water partition coefficient (Wildman–Crippen LogP) is 2.67. The zero-order valence-electron chi connectivity index (χ0n) is 16.5. The Morgan fingerprint density at radius 3 is 2.42 bits per heavy atom. The molecule has 1 heterocycles. The van der Waals surface area contributed by atoms with Crippen molar-refractivity contribution in [3.8, 4) is 0 Å². The Bertz CT molecular complexity index is 813. The molecule has 0 radical (unpaired) electrons. The molecule has 1 amide bonds. The minimum atomic E-state index is -0.209. The number of fused-ring (bicyclic) bond motifs is 1. The van der Waals surface area contributed by atoms with Crippen LogP contribution in [0.15, 0.2) is 29.1 Å². The first kappa shape index (κ1) is 20.1. The van der Waals surface area contributed by atoms with Crippen molar-refractivity contribution in [3.63, 3.8) is 0 Å². The molecule has 0 aliphatic carbocycles. The van der Waals surface area contributed by atoms with E-state index in [9.17, 15) is 9.59 Å². The highest BCUT2D eigenvalue weighted by atomic mass is 16.2. The molecular formula is C20H30N4O2. The van der Waals surface area contributed by atoms with Crippen LogP contribution >= 0.6 is 0 Å². The van der Waals surface area contributed by atoms with Gasteiger partial charge in [-0.3, -0.25) is 14.2 Å². The van der Waals surface area contributed by atoms with Gasteiger partial charge in [-0.15, -0.1) is 0 Å². The SMILES string of the molecule is CCC(=O)N(CCN(C)C)C(CC)c1nc2ccccc2c(=O)n1CC. The highest BCUT2D eigenvalue weighted by Gasteiger charge is 2.27. The highest BCUT2D eigenvalue weighted by molar-refractivity contribution is 5.78. The normalized spacial score (nSPS) is 12.5. The van der Waals surface area contributed by atoms with Gasteiger partial charge in [-0.1, -0.05) is 26.0 Å². The molecule has 26 heavy (non-hydrogen) atoms. The lowest BCUT2D eigenvalue weighted by atomic mass is 10.1. The number of benzene rings is 1. The number of hydrogen-bond acceptors (Lipinski definition) is 4. The van der Waals surface area contributed by atoms with Gasteiger partial charge in [-0.25, -0.2) is 4.98 Å². The Morgan fingerprint density at radius 1 is 1.15 bits per heavy atom. The van der Waals surface area contributed by atoms with Crippen LogP contribution < -0.4 is 5.56 Å². The lowest BCUT2D eigenvalue weighted by Crippen LogP contribution is -2.41. The molecular weight excluding hydrogens is 328 g/mol. The van der Waals surface area contributed by atoms with Crippen LogP contribution in [0.4, 0.5) is 0 Å². The molecule has 0 fully saturated rings. The van der Waals surface area contributed by atoms with Crippen LogP contribution in [0.5, 0.6) is 0 Å². The Balaban J connectivity index is 2.59. The first-order chi connectivity index (χ1) is 12.4. The summed E-state index contributed by atoms with van der Waals surface area (Å²) in [5.74, 6) is 0.767. The first-order valence-electron chi connectivity index (χ1n) is 9.38. The lowest BCUT2D eigenvalue weighted by molar-refractivity contribution is -0.133. The van der Waals surface area contributed by atoms with E-state index in [1.165, 1.54) is 0 Å². The van der Waals surface area contributed by atoms with E-state index in [1.807, 2.05) is 64.0 Å². The number of carbonyl (C=O) groups excluding carboxylic acids is 1. The fourth-order valence-corrected chi connectivity index (χ4v) is 3.25. The van der Waals surface area contributed by atoms with Gasteiger partial charge in [0.2, 0.25) is 5.91 Å². The van der Waals surface area contributed by atoms with Gasteiger partial charge in [-0.2, -0.15) is 0 Å². The van der Waals surface area contributed by atoms with Gasteiger partial charge >= 0.3 is 0 Å². The minimum absolute atomic E-state index is 0.0388. The van der Waals surface area contributed by atoms with E-state index in [1.54, 1.807) is 4.57 Å². The van der Waals surface area contributed by atoms with Crippen LogP contribution in [-0.2, 0) is 11.3 Å². The highest BCUT2D eigenvalue weighted by Crippen LogP contribution is 2.24. The molecule has 1 atom stereocenters. The number of carbonyl (C=O) groups is 1. The lowest BCUT2D eigenvalue weighted by Gasteiger charge is -2.33. The summed E-state index contributed by atoms with van der Waals surface area (Å²) < 4.78 is 1.71. The number of rotatable bonds is 8. The molecule has 1 aromatic carbocycles. The van der Waals surface area contributed by atoms with E-state index in [0.29, 0.717) is 42.7 Å². The smallest absolute Gasteiger partial charge is 0.261 e. The largest absolute Gasteiger partial charge is 0.331 e. The molecule has 6 heteroatoms. The van der Waals surface area contributed by atoms with E-state index >= 15 is 0 Å². The molecule has 0 saturated carbocycles. The molecule has 0 aliphatic rings. The monoisotopic (exact) mass is 358 g/mol. The van der Waals surface area contributed by atoms with Crippen LogP contribution in [0.25, 0.3) is 10.9 Å². The molecule has 0 spiro atoms. The molecule has 6 nitrogen and oxygen atoms in total. The van der Waals surface area contributed by atoms with Gasteiger partial charge in [-0.05, 0) is 39.6 Å². The average Bonchev–Trinajstić information content (AvgIpc) is 2.64. The number of amides is 1. The third-order valence-electron chi connectivity index (χ3n) is 4.68. The Kier molecular flexibility index (Phi) is 6.91. The summed E-state index contributed by atoms with van der Waals surface area (Å²) in [4.78, 5) is 34.3. The summed E-state index contributed by atoms with van der Waals surface area (Å²) in [6.07, 6.45) is 1.15. The fraction of sp³-hybridized carbons (Fsp3) is 0.550. The van der Waals surface area contributed by atoms with Crippen LogP contribution in [0.3, 0.4) is 0 Å². The maximum Gasteiger partial charge on any atom is 0.261 e. The molecule has 2 rings (SSSR count). The topological polar surface area (TPSA) is 58.4 Å². The number of hydrogen-bond donors (Lipinski definition) is 0. The Labute approximate surface area is 155 Å². The predicted molar refractivity (Wildman–Crippen MR) is 105 cm³/mol. The third-order valence-corrected chi connectivity index (χ3v) is 4.68. The standard InChI is InChI=1S/C20H30N4O2/c1-6-17(24(18(25)7-2)14-13-22(4)5)19-21-16-12-10-9-11-15(16)20(26)23(19)8-3/h9-12,17H,6-8,13-14H2,1-5H3. The quantitative estimate of drug-likeness (QED) is 0.728. The van der Waals surface area contributed by atoms with Crippen molar-refractivity contribution in [1.29, 1.82) is 0 Å². The fourth-order valence-electron chi connectivity index (χ4n) is 3.25. The van der Waals surface area contributed by atoms with Gasteiger partial charge < -0.3 is 9.80 Å². The second-order valence-corrected chi connectivity index (χ2v) is 6.70. The van der Waals surface area contributed by atoms with Crippen molar-refractivity contribution in [2.45, 2.75) is 46.2 Å². The van der Waals surface area contributed by atoms with Crippen molar-refractivity contribution in [1.82, 2.24) is 19.4 Å². The molecule has 1 unspecified atom stereocenters. The van der Waals surface area contributed by atoms with E-state index in [-0.39, 0.29) is 17.5 Å². The maximum atomic E-state index is 12.9. The second-order valence-electron chi connectivity index (χ2n) is 6.70. The van der Waals surface area contributed by atoms with Gasteiger partial charge in [0.1, 0.15) is 5.82 Å². The maximum absolute atomic E-state index is 12.9. The summed E-state index contributed by atoms with van der Waals surface area (Å²) in [5.41, 5.74) is 0.648. The van der Waals surface area contributed by atoms with Crippen molar-refractivity contribution in [3.05, 3.63) is 40.4 Å². The summed E-state index contributed by atoms with van der Waals surface area (Å²) in [6.45, 7) is 7.77. The summed E-state index contributed by atoms with van der Waals surface area (Å²) in [6, 6.07) is 7.20. The first-order valence-corrected chi connectivity index (χ1v) is 9.38. The molecule has 0 saturated heterocycles. The minimum Gasteiger partial charge on any atom is -0.331 e. The van der Waals surface area contributed by atoms with Crippen LogP contribution in [-0.4, -0.2) is 52.4 Å². The van der Waals surface area contributed by atoms with Crippen molar-refractivity contribution >= 4 is 16.8 Å². The van der Waals surface area contributed by atoms with E-state index in [4.69, 9.17) is 4.98 Å². The van der Waals surface area contributed by atoms with E-state index < -0.39 is 0 Å². The Hall–Kier alpha value is -2.21. The average molecular weight is 358 g/mol. The molecule has 1 aromatic heterocycles. The van der Waals surface area contributed by atoms with Crippen molar-refractivity contribution < 1.29 is 4.79 Å². The van der Waals surface area contributed by atoms with Crippen LogP contribution in [0.1, 0.15) is 45.5 Å². The number of nitrogens with zero attached hydrogens (tertiary/aromatic N) is 4. The van der Waals surface area contributed by atoms with E-state index in [0.717, 1.165) is 6.54 Å². The zero-order chi connectivity index (χ0) is 19.3. The van der Waals surface area contributed by atoms with Crippen LogP contribution in [0, 0.1) is 0 Å². The van der Waals surface area contributed by atoms with Gasteiger partial charge in [0.05, 0.1) is 16.9 Å². The Morgan fingerprint density at radius 2 is 1.85 bits per heavy atom. The summed E-state index contributed by atoms with van der Waals surface area (Å²) in [5, 5.41) is 0.620. The second kappa shape index (κ2) is 8.94. The van der Waals surface area contributed by atoms with Crippen molar-refractivity contribution in [2.75, 3.05) is 27.2 Å². The summed E-state index contributed by atoms with van der Waals surface area (Å²) >= 11 is 0. The third kappa shape index (κ3) is 4.12.